The Morgan fingerprint density at radius 1 is 0.862 bits per heavy atom. The monoisotopic (exact) mass is 407 g/mol. The summed E-state index contributed by atoms with van der Waals surface area (Å²) in [7, 11) is 2.83. The molecular formula is C23H37NO5. The van der Waals surface area contributed by atoms with E-state index in [1.807, 2.05) is 0 Å². The fraction of sp³-hybridized carbons (Fsp3) is 0.913. The summed E-state index contributed by atoms with van der Waals surface area (Å²) in [6, 6.07) is 0.232. The summed E-state index contributed by atoms with van der Waals surface area (Å²) in [5, 5.41) is 3.14. The van der Waals surface area contributed by atoms with E-state index in [-0.39, 0.29) is 23.7 Å². The van der Waals surface area contributed by atoms with E-state index in [9.17, 15) is 9.59 Å². The number of carbonyl (C=O) groups is 2. The molecule has 4 aliphatic rings. The van der Waals surface area contributed by atoms with Crippen LogP contribution in [0, 0.1) is 34.5 Å². The minimum atomic E-state index is -0.546. The lowest BCUT2D eigenvalue weighted by Gasteiger charge is -2.61. The molecule has 4 saturated carbocycles. The maximum Gasteiger partial charge on any atom is 0.508 e. The molecule has 1 amide bonds. The predicted molar refractivity (Wildman–Crippen MR) is 108 cm³/mol. The highest BCUT2D eigenvalue weighted by atomic mass is 16.7. The van der Waals surface area contributed by atoms with Gasteiger partial charge >= 0.3 is 12.2 Å². The fourth-order valence-corrected chi connectivity index (χ4v) is 7.95. The maximum absolute atomic E-state index is 11.9. The molecule has 0 heterocycles. The van der Waals surface area contributed by atoms with Gasteiger partial charge in [-0.2, -0.15) is 0 Å². The van der Waals surface area contributed by atoms with Crippen LogP contribution >= 0.6 is 0 Å². The van der Waals surface area contributed by atoms with Gasteiger partial charge < -0.3 is 19.5 Å². The number of fused-ring (bicyclic) bond motifs is 5. The average Bonchev–Trinajstić information content (AvgIpc) is 3.04. The van der Waals surface area contributed by atoms with Gasteiger partial charge in [0.15, 0.2) is 0 Å². The van der Waals surface area contributed by atoms with E-state index in [0.29, 0.717) is 17.3 Å². The van der Waals surface area contributed by atoms with Gasteiger partial charge in [0.2, 0.25) is 0 Å². The minimum Gasteiger partial charge on any atom is -0.453 e. The number of nitrogens with one attached hydrogen (secondary N) is 1. The Hall–Kier alpha value is -1.46. The van der Waals surface area contributed by atoms with E-state index in [2.05, 4.69) is 19.2 Å². The Labute approximate surface area is 174 Å². The Bertz CT molecular complexity index is 653. The summed E-state index contributed by atoms with van der Waals surface area (Å²) in [5.74, 6) is 2.81. The highest BCUT2D eigenvalue weighted by Crippen LogP contribution is 2.66. The van der Waals surface area contributed by atoms with E-state index in [4.69, 9.17) is 14.2 Å². The van der Waals surface area contributed by atoms with Gasteiger partial charge in [0.25, 0.3) is 0 Å². The van der Waals surface area contributed by atoms with Gasteiger partial charge in [-0.15, -0.1) is 0 Å². The summed E-state index contributed by atoms with van der Waals surface area (Å²) in [6.07, 6.45) is 9.40. The van der Waals surface area contributed by atoms with Crippen molar-refractivity contribution in [3.63, 3.8) is 0 Å². The molecule has 164 valence electrons. The van der Waals surface area contributed by atoms with Gasteiger partial charge in [-0.05, 0) is 92.3 Å². The first-order valence-electron chi connectivity index (χ1n) is 11.4. The third-order valence-corrected chi connectivity index (χ3v) is 9.52. The molecule has 0 bridgehead atoms. The zero-order valence-corrected chi connectivity index (χ0v) is 18.4. The summed E-state index contributed by atoms with van der Waals surface area (Å²) in [5.41, 5.74) is 0.526. The number of hydrogen-bond donors (Lipinski definition) is 1. The van der Waals surface area contributed by atoms with Crippen molar-refractivity contribution in [3.05, 3.63) is 0 Å². The van der Waals surface area contributed by atoms with E-state index >= 15 is 0 Å². The van der Waals surface area contributed by atoms with Crippen molar-refractivity contribution in [3.8, 4) is 0 Å². The smallest absolute Gasteiger partial charge is 0.453 e. The van der Waals surface area contributed by atoms with E-state index in [1.54, 1.807) is 0 Å². The Morgan fingerprint density at radius 2 is 1.59 bits per heavy atom. The molecule has 8 atom stereocenters. The van der Waals surface area contributed by atoms with Crippen molar-refractivity contribution < 1.29 is 23.8 Å². The van der Waals surface area contributed by atoms with Crippen LogP contribution in [0.1, 0.15) is 71.6 Å². The zero-order chi connectivity index (χ0) is 20.8. The number of amides is 1. The van der Waals surface area contributed by atoms with Crippen LogP contribution in [0.15, 0.2) is 0 Å². The van der Waals surface area contributed by atoms with Gasteiger partial charge in [0, 0.05) is 6.04 Å². The molecule has 29 heavy (non-hydrogen) atoms. The maximum atomic E-state index is 11.9. The third kappa shape index (κ3) is 3.40. The molecule has 6 nitrogen and oxygen atoms in total. The largest absolute Gasteiger partial charge is 0.508 e. The second-order valence-electron chi connectivity index (χ2n) is 10.4. The first-order chi connectivity index (χ1) is 13.8. The SMILES string of the molecule is COC(=O)N[C@H]1CC[C@H]2[C@@H]3CC[C@H]4C[C@@H](OC(=O)OC)CC[C@]4(C)[C@H]3CC[C@]12C. The predicted octanol–water partition coefficient (Wildman–Crippen LogP) is 4.91. The first kappa shape index (κ1) is 20.8. The van der Waals surface area contributed by atoms with Crippen LogP contribution in [-0.2, 0) is 14.2 Å². The van der Waals surface area contributed by atoms with Gasteiger partial charge in [0.1, 0.15) is 6.10 Å². The number of hydrogen-bond acceptors (Lipinski definition) is 5. The average molecular weight is 408 g/mol. The molecule has 4 fully saturated rings. The molecule has 0 aromatic rings. The first-order valence-corrected chi connectivity index (χ1v) is 11.4. The summed E-state index contributed by atoms with van der Waals surface area (Å²) >= 11 is 0. The standard InChI is InChI=1S/C23H37NO5/c1-22-11-9-15(29-21(26)28-4)13-14(22)5-6-16-17-7-8-19(24-20(25)27-3)23(17,2)12-10-18(16)22/h14-19H,5-13H2,1-4H3,(H,24,25)/t14-,15-,16-,17-,18-,19-,22-,23-/m0/s1. The number of alkyl carbamates (subject to hydrolysis) is 1. The molecule has 4 rings (SSSR count). The van der Waals surface area contributed by atoms with Crippen LogP contribution < -0.4 is 5.32 Å². The Kier molecular flexibility index (Phi) is 5.49. The molecule has 0 spiro atoms. The van der Waals surface area contributed by atoms with Crippen molar-refractivity contribution >= 4 is 12.2 Å². The molecule has 0 saturated heterocycles. The van der Waals surface area contributed by atoms with Crippen LogP contribution in [0.2, 0.25) is 0 Å². The summed E-state index contributed by atoms with van der Waals surface area (Å²) < 4.78 is 15.1. The quantitative estimate of drug-likeness (QED) is 0.659. The van der Waals surface area contributed by atoms with Crippen LogP contribution in [0.5, 0.6) is 0 Å². The zero-order valence-electron chi connectivity index (χ0n) is 18.4. The number of rotatable bonds is 2. The lowest BCUT2D eigenvalue weighted by atomic mass is 9.45. The Morgan fingerprint density at radius 3 is 2.31 bits per heavy atom. The third-order valence-electron chi connectivity index (χ3n) is 9.52. The van der Waals surface area contributed by atoms with Gasteiger partial charge in [-0.3, -0.25) is 0 Å². The van der Waals surface area contributed by atoms with Crippen molar-refractivity contribution in [2.45, 2.75) is 83.8 Å². The highest BCUT2D eigenvalue weighted by molar-refractivity contribution is 5.67. The molecule has 0 unspecified atom stereocenters. The number of ether oxygens (including phenoxy) is 3. The number of carbonyl (C=O) groups excluding carboxylic acids is 2. The van der Waals surface area contributed by atoms with E-state index in [1.165, 1.54) is 46.3 Å². The van der Waals surface area contributed by atoms with Crippen molar-refractivity contribution in [2.24, 2.45) is 34.5 Å². The normalized spacial score (nSPS) is 45.9. The fourth-order valence-electron chi connectivity index (χ4n) is 7.95. The molecule has 0 aromatic carbocycles. The van der Waals surface area contributed by atoms with E-state index in [0.717, 1.165) is 37.5 Å². The Balaban J connectivity index is 1.47. The molecule has 0 aromatic heterocycles. The summed E-state index contributed by atoms with van der Waals surface area (Å²) in [4.78, 5) is 23.4. The molecule has 1 N–H and O–H groups in total. The van der Waals surface area contributed by atoms with Crippen LogP contribution in [0.25, 0.3) is 0 Å². The molecular weight excluding hydrogens is 370 g/mol. The van der Waals surface area contributed by atoms with Crippen molar-refractivity contribution in [1.82, 2.24) is 5.32 Å². The van der Waals surface area contributed by atoms with Crippen LogP contribution in [-0.4, -0.2) is 38.6 Å². The van der Waals surface area contributed by atoms with E-state index < -0.39 is 6.16 Å². The van der Waals surface area contributed by atoms with Gasteiger partial charge in [-0.25, -0.2) is 9.59 Å². The lowest BCUT2D eigenvalue weighted by Crippen LogP contribution is -2.56. The van der Waals surface area contributed by atoms with Crippen LogP contribution in [0.4, 0.5) is 9.59 Å². The van der Waals surface area contributed by atoms with Crippen molar-refractivity contribution in [2.75, 3.05) is 14.2 Å². The molecule has 4 aliphatic carbocycles. The van der Waals surface area contributed by atoms with Gasteiger partial charge in [0.05, 0.1) is 14.2 Å². The summed E-state index contributed by atoms with van der Waals surface area (Å²) in [6.45, 7) is 4.90. The second kappa shape index (κ2) is 7.66. The van der Waals surface area contributed by atoms with Crippen molar-refractivity contribution in [1.29, 1.82) is 0 Å². The lowest BCUT2D eigenvalue weighted by molar-refractivity contribution is -0.126. The highest BCUT2D eigenvalue weighted by Gasteiger charge is 2.60. The van der Waals surface area contributed by atoms with Crippen LogP contribution in [0.3, 0.4) is 0 Å². The molecule has 6 heteroatoms. The number of methoxy groups -OCH3 is 2. The topological polar surface area (TPSA) is 73.9 Å². The van der Waals surface area contributed by atoms with Gasteiger partial charge in [-0.1, -0.05) is 13.8 Å². The minimum absolute atomic E-state index is 0.00560. The molecule has 0 radical (unpaired) electrons. The molecule has 0 aliphatic heterocycles. The second-order valence-corrected chi connectivity index (χ2v) is 10.4.